The number of amides is 1. The van der Waals surface area contributed by atoms with Gasteiger partial charge in [-0.1, -0.05) is 13.0 Å². The predicted molar refractivity (Wildman–Crippen MR) is 112 cm³/mol. The van der Waals surface area contributed by atoms with Crippen molar-refractivity contribution >= 4 is 22.5 Å². The molecule has 3 aliphatic rings. The second-order valence-corrected chi connectivity index (χ2v) is 9.28. The van der Waals surface area contributed by atoms with E-state index in [9.17, 15) is 18.0 Å². The number of aromatic nitrogens is 1. The second-order valence-electron chi connectivity index (χ2n) is 9.28. The summed E-state index contributed by atoms with van der Waals surface area (Å²) in [4.78, 5) is 15.9. The molecule has 3 aliphatic carbocycles. The van der Waals surface area contributed by atoms with Crippen LogP contribution in [-0.2, 0) is 17.4 Å². The highest BCUT2D eigenvalue weighted by molar-refractivity contribution is 6.05. The van der Waals surface area contributed by atoms with E-state index in [4.69, 9.17) is 4.74 Å². The molecule has 3 saturated carbocycles. The number of alkyl halides is 3. The number of hydrogen-bond donors (Lipinski definition) is 2. The van der Waals surface area contributed by atoms with Crippen LogP contribution in [0.3, 0.4) is 0 Å². The number of rotatable bonds is 6. The quantitative estimate of drug-likeness (QED) is 0.511. The summed E-state index contributed by atoms with van der Waals surface area (Å²) in [6.07, 6.45) is 0.979. The SMILES string of the molecule is CC12CC(C(=O)Nc3c[nH]c4ccc(CCOc5ccc(C(F)(F)F)cc5)cc34)(C1)C2. The van der Waals surface area contributed by atoms with Gasteiger partial charge in [0, 0.05) is 23.5 Å². The highest BCUT2D eigenvalue weighted by atomic mass is 19.4. The maximum Gasteiger partial charge on any atom is 0.416 e. The number of carbonyl (C=O) groups excluding carboxylic acids is 1. The number of anilines is 1. The van der Waals surface area contributed by atoms with Gasteiger partial charge in [-0.15, -0.1) is 0 Å². The molecule has 162 valence electrons. The Morgan fingerprint density at radius 3 is 2.48 bits per heavy atom. The van der Waals surface area contributed by atoms with Crippen LogP contribution in [-0.4, -0.2) is 17.5 Å². The molecular weight excluding hydrogens is 405 g/mol. The van der Waals surface area contributed by atoms with Gasteiger partial charge >= 0.3 is 6.18 Å². The predicted octanol–water partition coefficient (Wildman–Crippen LogP) is 5.94. The summed E-state index contributed by atoms with van der Waals surface area (Å²) >= 11 is 0. The number of nitrogens with one attached hydrogen (secondary N) is 2. The molecular formula is C24H23F3N2O2. The lowest BCUT2D eigenvalue weighted by molar-refractivity contribution is -0.194. The lowest BCUT2D eigenvalue weighted by Crippen LogP contribution is -2.65. The number of H-pyrrole nitrogens is 1. The average molecular weight is 428 g/mol. The average Bonchev–Trinajstić information content (AvgIpc) is 3.06. The fourth-order valence-electron chi connectivity index (χ4n) is 5.24. The molecule has 0 atom stereocenters. The van der Waals surface area contributed by atoms with Gasteiger partial charge in [-0.05, 0) is 66.6 Å². The van der Waals surface area contributed by atoms with Gasteiger partial charge in [0.25, 0.3) is 0 Å². The first kappa shape index (κ1) is 20.0. The van der Waals surface area contributed by atoms with Crippen molar-refractivity contribution in [1.82, 2.24) is 4.98 Å². The van der Waals surface area contributed by atoms with E-state index in [0.29, 0.717) is 24.2 Å². The van der Waals surface area contributed by atoms with Crippen LogP contribution in [0.2, 0.25) is 0 Å². The first-order valence-corrected chi connectivity index (χ1v) is 10.4. The summed E-state index contributed by atoms with van der Waals surface area (Å²) < 4.78 is 43.5. The van der Waals surface area contributed by atoms with Gasteiger partial charge in [-0.3, -0.25) is 4.79 Å². The Balaban J connectivity index is 1.22. The largest absolute Gasteiger partial charge is 0.493 e. The minimum absolute atomic E-state index is 0.105. The zero-order valence-electron chi connectivity index (χ0n) is 17.1. The van der Waals surface area contributed by atoms with Crippen LogP contribution < -0.4 is 10.1 Å². The Bertz CT molecular complexity index is 1130. The minimum atomic E-state index is -4.35. The van der Waals surface area contributed by atoms with Crippen molar-refractivity contribution in [2.45, 2.75) is 38.8 Å². The van der Waals surface area contributed by atoms with Crippen molar-refractivity contribution in [3.8, 4) is 5.75 Å². The van der Waals surface area contributed by atoms with Gasteiger partial charge in [-0.2, -0.15) is 13.2 Å². The molecule has 0 radical (unpaired) electrons. The zero-order chi connectivity index (χ0) is 21.9. The van der Waals surface area contributed by atoms with Crippen LogP contribution >= 0.6 is 0 Å². The molecule has 2 aromatic carbocycles. The lowest BCUT2D eigenvalue weighted by Gasteiger charge is -2.68. The van der Waals surface area contributed by atoms with Crippen molar-refractivity contribution in [2.24, 2.45) is 10.8 Å². The third kappa shape index (κ3) is 3.56. The first-order chi connectivity index (χ1) is 14.7. The van der Waals surface area contributed by atoms with E-state index in [1.165, 1.54) is 12.1 Å². The highest BCUT2D eigenvalue weighted by Crippen LogP contribution is 2.73. The Labute approximate surface area is 177 Å². The Morgan fingerprint density at radius 2 is 1.84 bits per heavy atom. The Hall–Kier alpha value is -2.96. The van der Waals surface area contributed by atoms with Crippen LogP contribution in [0, 0.1) is 10.8 Å². The summed E-state index contributed by atoms with van der Waals surface area (Å²) in [5.74, 6) is 0.504. The van der Waals surface area contributed by atoms with E-state index in [1.807, 2.05) is 24.4 Å². The molecule has 7 heteroatoms. The van der Waals surface area contributed by atoms with Gasteiger partial charge in [-0.25, -0.2) is 0 Å². The van der Waals surface area contributed by atoms with E-state index in [-0.39, 0.29) is 11.3 Å². The number of ether oxygens (including phenoxy) is 1. The van der Waals surface area contributed by atoms with Crippen LogP contribution in [0.4, 0.5) is 18.9 Å². The molecule has 2 N–H and O–H groups in total. The molecule has 0 spiro atoms. The second kappa shape index (κ2) is 6.77. The van der Waals surface area contributed by atoms with Crippen molar-refractivity contribution in [2.75, 3.05) is 11.9 Å². The van der Waals surface area contributed by atoms with E-state index in [0.717, 1.165) is 53.5 Å². The summed E-state index contributed by atoms with van der Waals surface area (Å²) in [6, 6.07) is 10.6. The normalized spacial score (nSPS) is 24.4. The van der Waals surface area contributed by atoms with E-state index in [2.05, 4.69) is 17.2 Å². The molecule has 31 heavy (non-hydrogen) atoms. The summed E-state index contributed by atoms with van der Waals surface area (Å²) in [5.41, 5.74) is 2.24. The summed E-state index contributed by atoms with van der Waals surface area (Å²) in [6.45, 7) is 2.57. The fraction of sp³-hybridized carbons (Fsp3) is 0.375. The van der Waals surface area contributed by atoms with Crippen LogP contribution in [0.25, 0.3) is 10.9 Å². The van der Waals surface area contributed by atoms with Crippen LogP contribution in [0.5, 0.6) is 5.75 Å². The van der Waals surface area contributed by atoms with E-state index >= 15 is 0 Å². The number of hydrogen-bond acceptors (Lipinski definition) is 2. The minimum Gasteiger partial charge on any atom is -0.493 e. The molecule has 1 amide bonds. The number of aromatic amines is 1. The Morgan fingerprint density at radius 1 is 1.13 bits per heavy atom. The number of halogens is 3. The number of benzene rings is 2. The highest BCUT2D eigenvalue weighted by Gasteiger charge is 2.68. The summed E-state index contributed by atoms with van der Waals surface area (Å²) in [5, 5.41) is 4.04. The lowest BCUT2D eigenvalue weighted by atomic mass is 9.35. The van der Waals surface area contributed by atoms with Gasteiger partial charge < -0.3 is 15.0 Å². The topological polar surface area (TPSA) is 54.1 Å². The van der Waals surface area contributed by atoms with Gasteiger partial charge in [0.2, 0.25) is 5.91 Å². The molecule has 2 bridgehead atoms. The molecule has 0 saturated heterocycles. The fourth-order valence-corrected chi connectivity index (χ4v) is 5.24. The Kier molecular flexibility index (Phi) is 4.36. The molecule has 1 aromatic heterocycles. The van der Waals surface area contributed by atoms with E-state index in [1.54, 1.807) is 0 Å². The maximum atomic E-state index is 12.7. The van der Waals surface area contributed by atoms with Crippen molar-refractivity contribution in [1.29, 1.82) is 0 Å². The number of fused-ring (bicyclic) bond motifs is 1. The van der Waals surface area contributed by atoms with Crippen LogP contribution in [0.15, 0.2) is 48.7 Å². The molecule has 3 fully saturated rings. The van der Waals surface area contributed by atoms with E-state index < -0.39 is 11.7 Å². The monoisotopic (exact) mass is 428 g/mol. The number of carbonyl (C=O) groups is 1. The smallest absolute Gasteiger partial charge is 0.416 e. The first-order valence-electron chi connectivity index (χ1n) is 10.4. The zero-order valence-corrected chi connectivity index (χ0v) is 17.1. The van der Waals surface area contributed by atoms with Gasteiger partial charge in [0.15, 0.2) is 0 Å². The molecule has 4 nitrogen and oxygen atoms in total. The molecule has 3 aromatic rings. The maximum absolute atomic E-state index is 12.7. The summed E-state index contributed by atoms with van der Waals surface area (Å²) in [7, 11) is 0. The van der Waals surface area contributed by atoms with Crippen molar-refractivity contribution in [3.05, 3.63) is 59.8 Å². The molecule has 6 rings (SSSR count). The standard InChI is InChI=1S/C24H23F3N2O2/c1-22-12-23(13-22,14-22)21(30)29-20-11-28-19-7-2-15(10-18(19)20)8-9-31-17-5-3-16(4-6-17)24(25,26)27/h2-7,10-11,28H,8-9,12-14H2,1H3,(H,29,30). The van der Waals surface area contributed by atoms with Crippen molar-refractivity contribution in [3.63, 3.8) is 0 Å². The molecule has 1 heterocycles. The van der Waals surface area contributed by atoms with Crippen LogP contribution in [0.1, 0.15) is 37.3 Å². The van der Waals surface area contributed by atoms with Crippen molar-refractivity contribution < 1.29 is 22.7 Å². The van der Waals surface area contributed by atoms with Gasteiger partial charge in [0.1, 0.15) is 5.75 Å². The molecule has 0 aliphatic heterocycles. The molecule has 0 unspecified atom stereocenters. The van der Waals surface area contributed by atoms with Gasteiger partial charge in [0.05, 0.1) is 23.3 Å². The third-order valence-corrected chi connectivity index (χ3v) is 6.61. The third-order valence-electron chi connectivity index (χ3n) is 6.61.